The molecule has 8 aromatic carbocycles. The summed E-state index contributed by atoms with van der Waals surface area (Å²) < 4.78 is 6.32. The van der Waals surface area contributed by atoms with Gasteiger partial charge in [0.25, 0.3) is 0 Å². The number of fused-ring (bicyclic) bond motifs is 7. The van der Waals surface area contributed by atoms with Crippen molar-refractivity contribution in [2.75, 3.05) is 0 Å². The van der Waals surface area contributed by atoms with Gasteiger partial charge in [0.05, 0.1) is 11.4 Å². The summed E-state index contributed by atoms with van der Waals surface area (Å²) >= 11 is 0. The van der Waals surface area contributed by atoms with Gasteiger partial charge < -0.3 is 4.42 Å². The van der Waals surface area contributed by atoms with E-state index in [1.807, 2.05) is 18.2 Å². The van der Waals surface area contributed by atoms with Crippen LogP contribution in [-0.2, 0) is 0 Å². The molecule has 10 rings (SSSR count). The quantitative estimate of drug-likeness (QED) is 0.196. The Kier molecular flexibility index (Phi) is 6.18. The van der Waals surface area contributed by atoms with Gasteiger partial charge in [-0.25, -0.2) is 9.97 Å². The molecule has 2 aromatic heterocycles. The van der Waals surface area contributed by atoms with Crippen molar-refractivity contribution in [2.24, 2.45) is 0 Å². The monoisotopic (exact) mass is 624 g/mol. The summed E-state index contributed by atoms with van der Waals surface area (Å²) in [5.74, 6) is 0.707. The molecule has 228 valence electrons. The first-order valence-corrected chi connectivity index (χ1v) is 16.6. The van der Waals surface area contributed by atoms with Gasteiger partial charge in [-0.05, 0) is 67.7 Å². The van der Waals surface area contributed by atoms with Gasteiger partial charge in [-0.2, -0.15) is 0 Å². The van der Waals surface area contributed by atoms with Crippen molar-refractivity contribution in [3.05, 3.63) is 170 Å². The predicted octanol–water partition coefficient (Wildman–Crippen LogP) is 12.5. The first kappa shape index (κ1) is 27.5. The van der Waals surface area contributed by atoms with Gasteiger partial charge in [0.1, 0.15) is 11.2 Å². The Bertz CT molecular complexity index is 2880. The van der Waals surface area contributed by atoms with Gasteiger partial charge in [-0.3, -0.25) is 0 Å². The van der Waals surface area contributed by atoms with Crippen LogP contribution in [0.4, 0.5) is 0 Å². The molecule has 0 N–H and O–H groups in total. The molecule has 0 fully saturated rings. The fourth-order valence-corrected chi connectivity index (χ4v) is 7.39. The van der Waals surface area contributed by atoms with E-state index < -0.39 is 0 Å². The minimum Gasteiger partial charge on any atom is -0.456 e. The molecular formula is C46H28N2O. The smallest absolute Gasteiger partial charge is 0.160 e. The van der Waals surface area contributed by atoms with E-state index in [1.54, 1.807) is 0 Å². The van der Waals surface area contributed by atoms with Crippen molar-refractivity contribution in [2.45, 2.75) is 0 Å². The topological polar surface area (TPSA) is 38.9 Å². The lowest BCUT2D eigenvalue weighted by molar-refractivity contribution is 0.669. The van der Waals surface area contributed by atoms with E-state index in [0.717, 1.165) is 61.0 Å². The molecule has 10 aromatic rings. The summed E-state index contributed by atoms with van der Waals surface area (Å²) in [6, 6.07) is 59.7. The van der Waals surface area contributed by atoms with Crippen molar-refractivity contribution in [1.29, 1.82) is 0 Å². The summed E-state index contributed by atoms with van der Waals surface area (Å²) in [4.78, 5) is 10.4. The molecule has 0 saturated heterocycles. The molecule has 0 aliphatic rings. The van der Waals surface area contributed by atoms with Gasteiger partial charge in [-0.1, -0.05) is 146 Å². The summed E-state index contributed by atoms with van der Waals surface area (Å²) in [5.41, 5.74) is 9.06. The Balaban J connectivity index is 1.18. The molecule has 0 aliphatic carbocycles. The number of hydrogen-bond acceptors (Lipinski definition) is 3. The molecule has 3 nitrogen and oxygen atoms in total. The second-order valence-corrected chi connectivity index (χ2v) is 12.5. The van der Waals surface area contributed by atoms with Crippen molar-refractivity contribution in [3.63, 3.8) is 0 Å². The summed E-state index contributed by atoms with van der Waals surface area (Å²) in [7, 11) is 0. The van der Waals surface area contributed by atoms with Gasteiger partial charge >= 0.3 is 0 Å². The van der Waals surface area contributed by atoms with E-state index in [2.05, 4.69) is 152 Å². The molecule has 0 bridgehead atoms. The number of furan rings is 1. The van der Waals surface area contributed by atoms with E-state index in [-0.39, 0.29) is 0 Å². The van der Waals surface area contributed by atoms with Gasteiger partial charge in [0.2, 0.25) is 0 Å². The highest BCUT2D eigenvalue weighted by Gasteiger charge is 2.17. The lowest BCUT2D eigenvalue weighted by Gasteiger charge is -2.14. The van der Waals surface area contributed by atoms with Gasteiger partial charge in [-0.15, -0.1) is 0 Å². The number of aromatic nitrogens is 2. The largest absolute Gasteiger partial charge is 0.456 e. The maximum Gasteiger partial charge on any atom is 0.160 e. The normalized spacial score (nSPS) is 11.7. The number of rotatable bonds is 4. The Hall–Kier alpha value is -6.58. The Morgan fingerprint density at radius 2 is 0.918 bits per heavy atom. The average Bonchev–Trinajstić information content (AvgIpc) is 3.56. The molecule has 0 aliphatic heterocycles. The maximum absolute atomic E-state index is 6.32. The zero-order valence-electron chi connectivity index (χ0n) is 26.5. The van der Waals surface area contributed by atoms with Crippen molar-refractivity contribution in [3.8, 4) is 45.0 Å². The average molecular weight is 625 g/mol. The third-order valence-electron chi connectivity index (χ3n) is 9.69. The standard InChI is InChI=1S/C46H28N2O/c1-2-13-31(14-3-1)46-47-41(38-21-8-15-29-11-4-6-16-33(29)38)28-42(48-46)39-22-10-19-36-34(18-9-20-37(36)39)32-24-25-43-40(27-32)45-35-17-7-5-12-30(35)23-26-44(45)49-43/h1-28H. The molecule has 0 amide bonds. The molecule has 49 heavy (non-hydrogen) atoms. The van der Waals surface area contributed by atoms with Gasteiger partial charge in [0, 0.05) is 27.5 Å². The SMILES string of the molecule is c1ccc(-c2nc(-c3cccc4ccccc34)cc(-c3cccc4c(-c5ccc6oc7ccc8ccccc8c7c6c5)cccc34)n2)cc1. The molecule has 0 saturated carbocycles. The second-order valence-electron chi connectivity index (χ2n) is 12.5. The Labute approximate surface area is 282 Å². The summed E-state index contributed by atoms with van der Waals surface area (Å²) in [6.45, 7) is 0. The van der Waals surface area contributed by atoms with E-state index in [9.17, 15) is 0 Å². The number of benzene rings is 8. The summed E-state index contributed by atoms with van der Waals surface area (Å²) in [6.07, 6.45) is 0. The van der Waals surface area contributed by atoms with Crippen molar-refractivity contribution < 1.29 is 4.42 Å². The Morgan fingerprint density at radius 3 is 1.71 bits per heavy atom. The molecule has 2 heterocycles. The first-order chi connectivity index (χ1) is 24.3. The lowest BCUT2D eigenvalue weighted by atomic mass is 9.93. The second kappa shape index (κ2) is 11.0. The van der Waals surface area contributed by atoms with Crippen LogP contribution < -0.4 is 0 Å². The van der Waals surface area contributed by atoms with Gasteiger partial charge in [0.15, 0.2) is 5.82 Å². The molecule has 0 radical (unpaired) electrons. The predicted molar refractivity (Wildman–Crippen MR) is 204 cm³/mol. The first-order valence-electron chi connectivity index (χ1n) is 16.6. The zero-order chi connectivity index (χ0) is 32.3. The van der Waals surface area contributed by atoms with E-state index in [0.29, 0.717) is 5.82 Å². The third kappa shape index (κ3) is 4.51. The summed E-state index contributed by atoms with van der Waals surface area (Å²) in [5, 5.41) is 9.37. The zero-order valence-corrected chi connectivity index (χ0v) is 26.5. The van der Waals surface area contributed by atoms with Crippen LogP contribution in [0.15, 0.2) is 174 Å². The number of nitrogens with zero attached hydrogens (tertiary/aromatic N) is 2. The van der Waals surface area contributed by atoms with Crippen LogP contribution in [0, 0.1) is 0 Å². The molecule has 0 spiro atoms. The van der Waals surface area contributed by atoms with Crippen LogP contribution in [0.2, 0.25) is 0 Å². The van der Waals surface area contributed by atoms with Crippen molar-refractivity contribution in [1.82, 2.24) is 9.97 Å². The molecule has 0 atom stereocenters. The molecule has 0 unspecified atom stereocenters. The lowest BCUT2D eigenvalue weighted by Crippen LogP contribution is -1.97. The minimum atomic E-state index is 0.707. The van der Waals surface area contributed by atoms with Crippen LogP contribution in [0.3, 0.4) is 0 Å². The number of hydrogen-bond donors (Lipinski definition) is 0. The molecule has 3 heteroatoms. The Morgan fingerprint density at radius 1 is 0.347 bits per heavy atom. The highest BCUT2D eigenvalue weighted by molar-refractivity contribution is 6.19. The third-order valence-corrected chi connectivity index (χ3v) is 9.69. The van der Waals surface area contributed by atoms with Crippen LogP contribution in [0.5, 0.6) is 0 Å². The van der Waals surface area contributed by atoms with Crippen LogP contribution in [0.1, 0.15) is 0 Å². The van der Waals surface area contributed by atoms with Crippen LogP contribution in [-0.4, -0.2) is 9.97 Å². The highest BCUT2D eigenvalue weighted by Crippen LogP contribution is 2.40. The van der Waals surface area contributed by atoms with Crippen LogP contribution >= 0.6 is 0 Å². The highest BCUT2D eigenvalue weighted by atomic mass is 16.3. The van der Waals surface area contributed by atoms with Crippen molar-refractivity contribution >= 4 is 54.3 Å². The fraction of sp³-hybridized carbons (Fsp3) is 0. The van der Waals surface area contributed by atoms with E-state index in [1.165, 1.54) is 32.5 Å². The minimum absolute atomic E-state index is 0.707. The maximum atomic E-state index is 6.32. The fourth-order valence-electron chi connectivity index (χ4n) is 7.39. The van der Waals surface area contributed by atoms with E-state index in [4.69, 9.17) is 14.4 Å². The molecular weight excluding hydrogens is 597 g/mol. The van der Waals surface area contributed by atoms with E-state index >= 15 is 0 Å². The van der Waals surface area contributed by atoms with Crippen LogP contribution in [0.25, 0.3) is 99.3 Å².